The summed E-state index contributed by atoms with van der Waals surface area (Å²) in [5.74, 6) is 0.136. The van der Waals surface area contributed by atoms with Crippen LogP contribution in [0.25, 0.3) is 0 Å². The lowest BCUT2D eigenvalue weighted by Gasteiger charge is -2.15. The molecular formula is C16H23N3O2. The molecule has 5 nitrogen and oxygen atoms in total. The van der Waals surface area contributed by atoms with Gasteiger partial charge in [-0.1, -0.05) is 30.3 Å². The molecule has 2 N–H and O–H groups in total. The molecule has 0 aromatic heterocycles. The molecular weight excluding hydrogens is 266 g/mol. The highest BCUT2D eigenvalue weighted by molar-refractivity contribution is 5.78. The van der Waals surface area contributed by atoms with Crippen LogP contribution in [0.4, 0.5) is 0 Å². The van der Waals surface area contributed by atoms with Crippen molar-refractivity contribution in [3.63, 3.8) is 0 Å². The van der Waals surface area contributed by atoms with Gasteiger partial charge in [-0.2, -0.15) is 0 Å². The van der Waals surface area contributed by atoms with Crippen LogP contribution in [0.3, 0.4) is 0 Å². The summed E-state index contributed by atoms with van der Waals surface area (Å²) >= 11 is 0. The molecule has 0 spiro atoms. The minimum atomic E-state index is -0.0486. The van der Waals surface area contributed by atoms with E-state index in [0.717, 1.165) is 31.5 Å². The SMILES string of the molecule is O=C(CNCCC(=O)N1CCCC1)NCc1ccccc1. The Morgan fingerprint density at radius 3 is 2.52 bits per heavy atom. The molecule has 1 aliphatic heterocycles. The number of carbonyl (C=O) groups is 2. The average Bonchev–Trinajstić information content (AvgIpc) is 3.05. The van der Waals surface area contributed by atoms with E-state index in [2.05, 4.69) is 10.6 Å². The molecule has 1 aliphatic rings. The number of benzene rings is 1. The molecule has 1 aromatic carbocycles. The first-order chi connectivity index (χ1) is 10.3. The number of likely N-dealkylation sites (tertiary alicyclic amines) is 1. The number of carbonyl (C=O) groups excluding carboxylic acids is 2. The van der Waals surface area contributed by atoms with Gasteiger partial charge in [-0.3, -0.25) is 9.59 Å². The van der Waals surface area contributed by atoms with E-state index in [1.54, 1.807) is 0 Å². The lowest BCUT2D eigenvalue weighted by Crippen LogP contribution is -2.36. The highest BCUT2D eigenvalue weighted by Crippen LogP contribution is 2.08. The van der Waals surface area contributed by atoms with Crippen molar-refractivity contribution in [3.05, 3.63) is 35.9 Å². The van der Waals surface area contributed by atoms with Crippen molar-refractivity contribution in [2.45, 2.75) is 25.8 Å². The molecule has 0 saturated carbocycles. The van der Waals surface area contributed by atoms with Crippen molar-refractivity contribution < 1.29 is 9.59 Å². The Hall–Kier alpha value is -1.88. The predicted octanol–water partition coefficient (Wildman–Crippen LogP) is 0.905. The Labute approximate surface area is 125 Å². The number of nitrogens with one attached hydrogen (secondary N) is 2. The Balaban J connectivity index is 1.54. The molecule has 2 rings (SSSR count). The van der Waals surface area contributed by atoms with Crippen LogP contribution in [0.15, 0.2) is 30.3 Å². The van der Waals surface area contributed by atoms with E-state index >= 15 is 0 Å². The van der Waals surface area contributed by atoms with E-state index in [-0.39, 0.29) is 18.4 Å². The van der Waals surface area contributed by atoms with Crippen LogP contribution in [0.1, 0.15) is 24.8 Å². The van der Waals surface area contributed by atoms with Crippen molar-refractivity contribution in [2.24, 2.45) is 0 Å². The van der Waals surface area contributed by atoms with Crippen molar-refractivity contribution in [1.29, 1.82) is 0 Å². The molecule has 1 fully saturated rings. The molecule has 1 saturated heterocycles. The molecule has 0 unspecified atom stereocenters. The number of hydrogen-bond acceptors (Lipinski definition) is 3. The fourth-order valence-electron chi connectivity index (χ4n) is 2.38. The molecule has 1 heterocycles. The van der Waals surface area contributed by atoms with Gasteiger partial charge in [0, 0.05) is 32.6 Å². The number of rotatable bonds is 7. The molecule has 21 heavy (non-hydrogen) atoms. The van der Waals surface area contributed by atoms with Crippen LogP contribution in [0, 0.1) is 0 Å². The second-order valence-corrected chi connectivity index (χ2v) is 5.28. The summed E-state index contributed by atoms with van der Waals surface area (Å²) < 4.78 is 0. The van der Waals surface area contributed by atoms with Crippen LogP contribution >= 0.6 is 0 Å². The standard InChI is InChI=1S/C16H23N3O2/c20-15(18-12-14-6-2-1-3-7-14)13-17-9-8-16(21)19-10-4-5-11-19/h1-3,6-7,17H,4-5,8-13H2,(H,18,20). The summed E-state index contributed by atoms with van der Waals surface area (Å²) in [7, 11) is 0. The zero-order valence-corrected chi connectivity index (χ0v) is 12.3. The number of amides is 2. The van der Waals surface area contributed by atoms with Crippen molar-refractivity contribution in [3.8, 4) is 0 Å². The van der Waals surface area contributed by atoms with Crippen LogP contribution in [-0.4, -0.2) is 42.9 Å². The molecule has 0 bridgehead atoms. The van der Waals surface area contributed by atoms with Gasteiger partial charge in [0.2, 0.25) is 11.8 Å². The summed E-state index contributed by atoms with van der Waals surface area (Å²) in [4.78, 5) is 25.3. The van der Waals surface area contributed by atoms with Crippen molar-refractivity contribution in [2.75, 3.05) is 26.2 Å². The van der Waals surface area contributed by atoms with Crippen molar-refractivity contribution in [1.82, 2.24) is 15.5 Å². The normalized spacial score (nSPS) is 14.2. The second kappa shape index (κ2) is 8.42. The minimum Gasteiger partial charge on any atom is -0.351 e. The molecule has 2 amide bonds. The number of nitrogens with zero attached hydrogens (tertiary/aromatic N) is 1. The Morgan fingerprint density at radius 2 is 1.81 bits per heavy atom. The Kier molecular flexibility index (Phi) is 6.22. The Bertz CT molecular complexity index is 456. The van der Waals surface area contributed by atoms with Crippen molar-refractivity contribution >= 4 is 11.8 Å². The fourth-order valence-corrected chi connectivity index (χ4v) is 2.38. The van der Waals surface area contributed by atoms with Gasteiger partial charge in [0.05, 0.1) is 6.54 Å². The lowest BCUT2D eigenvalue weighted by atomic mass is 10.2. The molecule has 1 aromatic rings. The quantitative estimate of drug-likeness (QED) is 0.733. The van der Waals surface area contributed by atoms with E-state index < -0.39 is 0 Å². The topological polar surface area (TPSA) is 61.4 Å². The summed E-state index contributed by atoms with van der Waals surface area (Å²) in [5, 5.41) is 5.86. The van der Waals surface area contributed by atoms with Crippen LogP contribution in [0.2, 0.25) is 0 Å². The largest absolute Gasteiger partial charge is 0.351 e. The van der Waals surface area contributed by atoms with Gasteiger partial charge in [-0.25, -0.2) is 0 Å². The summed E-state index contributed by atoms with van der Waals surface area (Å²) in [6, 6.07) is 9.79. The number of hydrogen-bond donors (Lipinski definition) is 2. The minimum absolute atomic E-state index is 0.0486. The van der Waals surface area contributed by atoms with Gasteiger partial charge in [0.25, 0.3) is 0 Å². The van der Waals surface area contributed by atoms with Gasteiger partial charge in [0.1, 0.15) is 0 Å². The highest BCUT2D eigenvalue weighted by atomic mass is 16.2. The van der Waals surface area contributed by atoms with Gasteiger partial charge in [0.15, 0.2) is 0 Å². The maximum atomic E-state index is 11.8. The molecule has 114 valence electrons. The summed E-state index contributed by atoms with van der Waals surface area (Å²) in [6.45, 7) is 3.11. The second-order valence-electron chi connectivity index (χ2n) is 5.28. The average molecular weight is 289 g/mol. The van der Waals surface area contributed by atoms with E-state index in [9.17, 15) is 9.59 Å². The summed E-state index contributed by atoms with van der Waals surface area (Å²) in [5.41, 5.74) is 1.08. The van der Waals surface area contributed by atoms with E-state index in [1.807, 2.05) is 35.2 Å². The fraction of sp³-hybridized carbons (Fsp3) is 0.500. The van der Waals surface area contributed by atoms with E-state index in [0.29, 0.717) is 19.5 Å². The zero-order chi connectivity index (χ0) is 14.9. The molecule has 0 aliphatic carbocycles. The lowest BCUT2D eigenvalue weighted by molar-refractivity contribution is -0.130. The predicted molar refractivity (Wildman–Crippen MR) is 81.6 cm³/mol. The first kappa shape index (κ1) is 15.5. The molecule has 0 atom stereocenters. The maximum absolute atomic E-state index is 11.8. The first-order valence-electron chi connectivity index (χ1n) is 7.55. The van der Waals surface area contributed by atoms with Crippen LogP contribution < -0.4 is 10.6 Å². The highest BCUT2D eigenvalue weighted by Gasteiger charge is 2.16. The third-order valence-corrected chi connectivity index (χ3v) is 3.59. The van der Waals surface area contributed by atoms with E-state index in [4.69, 9.17) is 0 Å². The smallest absolute Gasteiger partial charge is 0.234 e. The first-order valence-corrected chi connectivity index (χ1v) is 7.55. The van der Waals surface area contributed by atoms with Crippen LogP contribution in [-0.2, 0) is 16.1 Å². The van der Waals surface area contributed by atoms with Gasteiger partial charge < -0.3 is 15.5 Å². The monoisotopic (exact) mass is 289 g/mol. The van der Waals surface area contributed by atoms with Crippen LogP contribution in [0.5, 0.6) is 0 Å². The third-order valence-electron chi connectivity index (χ3n) is 3.59. The van der Waals surface area contributed by atoms with Gasteiger partial charge in [-0.05, 0) is 18.4 Å². The Morgan fingerprint density at radius 1 is 1.10 bits per heavy atom. The molecule has 0 radical (unpaired) electrons. The summed E-state index contributed by atoms with van der Waals surface area (Å²) in [6.07, 6.45) is 2.69. The van der Waals surface area contributed by atoms with E-state index in [1.165, 1.54) is 0 Å². The molecule has 5 heteroatoms. The third kappa shape index (κ3) is 5.55. The van der Waals surface area contributed by atoms with Gasteiger partial charge in [-0.15, -0.1) is 0 Å². The zero-order valence-electron chi connectivity index (χ0n) is 12.3. The maximum Gasteiger partial charge on any atom is 0.234 e. The van der Waals surface area contributed by atoms with Gasteiger partial charge >= 0.3 is 0 Å².